The molecule has 7 heteroatoms. The molecule has 0 amide bonds. The fourth-order valence-corrected chi connectivity index (χ4v) is 3.54. The first kappa shape index (κ1) is 15.1. The zero-order chi connectivity index (χ0) is 17.7. The zero-order valence-corrected chi connectivity index (χ0v) is 14.6. The van der Waals surface area contributed by atoms with Crippen molar-refractivity contribution in [1.82, 2.24) is 24.6 Å². The molecule has 1 aliphatic heterocycles. The first-order valence-electron chi connectivity index (χ1n) is 8.84. The Morgan fingerprint density at radius 1 is 0.962 bits per heavy atom. The van der Waals surface area contributed by atoms with E-state index in [0.717, 1.165) is 52.7 Å². The highest BCUT2D eigenvalue weighted by molar-refractivity contribution is 5.78. The van der Waals surface area contributed by atoms with Crippen molar-refractivity contribution < 1.29 is 0 Å². The number of fused-ring (bicyclic) bond motifs is 2. The molecule has 0 saturated carbocycles. The summed E-state index contributed by atoms with van der Waals surface area (Å²) in [5.41, 5.74) is 11.0. The third kappa shape index (κ3) is 2.35. The Morgan fingerprint density at radius 3 is 2.46 bits per heavy atom. The molecular weight excluding hydrogens is 326 g/mol. The van der Waals surface area contributed by atoms with Crippen LogP contribution in [0.4, 0.5) is 11.6 Å². The number of para-hydroxylation sites is 2. The molecule has 1 fully saturated rings. The summed E-state index contributed by atoms with van der Waals surface area (Å²) in [5.74, 6) is 1.50. The first-order chi connectivity index (χ1) is 12.7. The lowest BCUT2D eigenvalue weighted by molar-refractivity contribution is 0.906. The molecule has 0 unspecified atom stereocenters. The molecule has 0 radical (unpaired) electrons. The summed E-state index contributed by atoms with van der Waals surface area (Å²) in [4.78, 5) is 16.4. The van der Waals surface area contributed by atoms with Crippen molar-refractivity contribution in [2.75, 3.05) is 23.7 Å². The maximum atomic E-state index is 6.24. The molecule has 7 nitrogen and oxygen atoms in total. The van der Waals surface area contributed by atoms with Gasteiger partial charge in [-0.3, -0.25) is 0 Å². The largest absolute Gasteiger partial charge is 0.383 e. The summed E-state index contributed by atoms with van der Waals surface area (Å²) >= 11 is 0. The monoisotopic (exact) mass is 345 g/mol. The van der Waals surface area contributed by atoms with Gasteiger partial charge in [-0.2, -0.15) is 9.61 Å². The number of nitrogen functional groups attached to an aromatic ring is 1. The Balaban J connectivity index is 1.65. The van der Waals surface area contributed by atoms with E-state index in [2.05, 4.69) is 15.0 Å². The molecule has 0 aliphatic carbocycles. The minimum Gasteiger partial charge on any atom is -0.383 e. The second-order valence-corrected chi connectivity index (χ2v) is 6.68. The van der Waals surface area contributed by atoms with Gasteiger partial charge >= 0.3 is 0 Å². The smallest absolute Gasteiger partial charge is 0.160 e. The standard InChI is InChI=1S/C19H19N7/c1-12-19(22-14-7-3-2-6-13(14)21-12)15-10-18-23-17(25-8-4-5-9-25)11-16(20)26(18)24-15/h2-3,6-7,10-11H,4-5,8-9,20H2,1H3. The Morgan fingerprint density at radius 2 is 1.69 bits per heavy atom. The van der Waals surface area contributed by atoms with Gasteiger partial charge in [0.25, 0.3) is 0 Å². The average molecular weight is 345 g/mol. The van der Waals surface area contributed by atoms with Crippen LogP contribution in [0.2, 0.25) is 0 Å². The fourth-order valence-electron chi connectivity index (χ4n) is 3.54. The van der Waals surface area contributed by atoms with Crippen molar-refractivity contribution in [3.8, 4) is 11.4 Å². The molecule has 0 spiro atoms. The van der Waals surface area contributed by atoms with Crippen molar-refractivity contribution in [2.45, 2.75) is 19.8 Å². The van der Waals surface area contributed by atoms with Crippen molar-refractivity contribution in [3.05, 3.63) is 42.1 Å². The number of rotatable bonds is 2. The fraction of sp³-hybridized carbons (Fsp3) is 0.263. The van der Waals surface area contributed by atoms with Gasteiger partial charge in [-0.05, 0) is 31.9 Å². The van der Waals surface area contributed by atoms with Crippen LogP contribution in [0, 0.1) is 6.92 Å². The van der Waals surface area contributed by atoms with Crippen LogP contribution < -0.4 is 10.6 Å². The predicted octanol–water partition coefficient (Wildman–Crippen LogP) is 2.83. The maximum absolute atomic E-state index is 6.24. The first-order valence-corrected chi connectivity index (χ1v) is 8.84. The second kappa shape index (κ2) is 5.66. The van der Waals surface area contributed by atoms with E-state index in [1.165, 1.54) is 12.8 Å². The van der Waals surface area contributed by atoms with Crippen molar-refractivity contribution >= 4 is 28.3 Å². The van der Waals surface area contributed by atoms with Gasteiger partial charge in [-0.25, -0.2) is 15.0 Å². The Hall–Kier alpha value is -3.22. The van der Waals surface area contributed by atoms with Gasteiger partial charge in [0.15, 0.2) is 5.65 Å². The lowest BCUT2D eigenvalue weighted by atomic mass is 10.2. The maximum Gasteiger partial charge on any atom is 0.160 e. The van der Waals surface area contributed by atoms with Gasteiger partial charge in [-0.15, -0.1) is 0 Å². The van der Waals surface area contributed by atoms with Crippen molar-refractivity contribution in [3.63, 3.8) is 0 Å². The number of aromatic nitrogens is 5. The van der Waals surface area contributed by atoms with Gasteiger partial charge in [0.2, 0.25) is 0 Å². The number of nitrogens with zero attached hydrogens (tertiary/aromatic N) is 6. The normalized spacial score (nSPS) is 14.6. The van der Waals surface area contributed by atoms with Crippen molar-refractivity contribution in [1.29, 1.82) is 0 Å². The van der Waals surface area contributed by atoms with E-state index in [9.17, 15) is 0 Å². The number of nitrogens with two attached hydrogens (primary N) is 1. The van der Waals surface area contributed by atoms with Crippen LogP contribution in [0.15, 0.2) is 36.4 Å². The van der Waals surface area contributed by atoms with Crippen LogP contribution in [-0.2, 0) is 0 Å². The number of benzene rings is 1. The van der Waals surface area contributed by atoms with Crippen LogP contribution in [0.3, 0.4) is 0 Å². The highest BCUT2D eigenvalue weighted by Gasteiger charge is 2.18. The molecule has 0 atom stereocenters. The third-order valence-electron chi connectivity index (χ3n) is 4.86. The molecule has 130 valence electrons. The quantitative estimate of drug-likeness (QED) is 0.601. The topological polar surface area (TPSA) is 85.2 Å². The summed E-state index contributed by atoms with van der Waals surface area (Å²) in [6, 6.07) is 11.7. The van der Waals surface area contributed by atoms with E-state index in [0.29, 0.717) is 5.82 Å². The summed E-state index contributed by atoms with van der Waals surface area (Å²) in [6.45, 7) is 4.00. The number of aryl methyl sites for hydroxylation is 1. The minimum atomic E-state index is 0.578. The third-order valence-corrected chi connectivity index (χ3v) is 4.86. The second-order valence-electron chi connectivity index (χ2n) is 6.68. The van der Waals surface area contributed by atoms with Crippen LogP contribution >= 0.6 is 0 Å². The molecule has 1 aromatic carbocycles. The van der Waals surface area contributed by atoms with Crippen LogP contribution in [0.1, 0.15) is 18.5 Å². The van der Waals surface area contributed by atoms with Gasteiger partial charge in [0, 0.05) is 25.2 Å². The van der Waals surface area contributed by atoms with Crippen LogP contribution in [0.5, 0.6) is 0 Å². The summed E-state index contributed by atoms with van der Waals surface area (Å²) in [6.07, 6.45) is 2.40. The molecule has 4 aromatic rings. The summed E-state index contributed by atoms with van der Waals surface area (Å²) in [7, 11) is 0. The highest BCUT2D eigenvalue weighted by atomic mass is 15.3. The molecule has 3 aromatic heterocycles. The number of anilines is 2. The van der Waals surface area contributed by atoms with E-state index >= 15 is 0 Å². The predicted molar refractivity (Wildman–Crippen MR) is 102 cm³/mol. The lowest BCUT2D eigenvalue weighted by Gasteiger charge is -2.16. The van der Waals surface area contributed by atoms with Gasteiger partial charge in [-0.1, -0.05) is 12.1 Å². The summed E-state index contributed by atoms with van der Waals surface area (Å²) in [5, 5.41) is 4.63. The zero-order valence-electron chi connectivity index (χ0n) is 14.6. The van der Waals surface area contributed by atoms with E-state index in [1.807, 2.05) is 43.3 Å². The van der Waals surface area contributed by atoms with Gasteiger partial charge in [0.05, 0.1) is 16.7 Å². The van der Waals surface area contributed by atoms with E-state index in [1.54, 1.807) is 4.52 Å². The Bertz CT molecular complexity index is 1130. The van der Waals surface area contributed by atoms with Gasteiger partial charge in [0.1, 0.15) is 23.0 Å². The SMILES string of the molecule is Cc1nc2ccccc2nc1-c1cc2nc(N3CCCC3)cc(N)n2n1. The Kier molecular flexibility index (Phi) is 3.28. The molecule has 1 aliphatic rings. The van der Waals surface area contributed by atoms with Crippen LogP contribution in [0.25, 0.3) is 28.1 Å². The molecule has 0 bridgehead atoms. The van der Waals surface area contributed by atoms with E-state index < -0.39 is 0 Å². The van der Waals surface area contributed by atoms with Crippen LogP contribution in [-0.4, -0.2) is 37.7 Å². The molecule has 2 N–H and O–H groups in total. The molecule has 5 rings (SSSR count). The molecule has 1 saturated heterocycles. The molecular formula is C19H19N7. The van der Waals surface area contributed by atoms with Crippen molar-refractivity contribution in [2.24, 2.45) is 0 Å². The molecule has 4 heterocycles. The molecule has 26 heavy (non-hydrogen) atoms. The number of hydrogen-bond donors (Lipinski definition) is 1. The highest BCUT2D eigenvalue weighted by Crippen LogP contribution is 2.26. The van der Waals surface area contributed by atoms with E-state index in [-0.39, 0.29) is 0 Å². The minimum absolute atomic E-state index is 0.578. The van der Waals surface area contributed by atoms with Gasteiger partial charge < -0.3 is 10.6 Å². The van der Waals surface area contributed by atoms with E-state index in [4.69, 9.17) is 15.7 Å². The Labute approximate surface area is 150 Å². The average Bonchev–Trinajstić information content (AvgIpc) is 3.31. The summed E-state index contributed by atoms with van der Waals surface area (Å²) < 4.78 is 1.67. The lowest BCUT2D eigenvalue weighted by Crippen LogP contribution is -2.19. The number of hydrogen-bond acceptors (Lipinski definition) is 6.